The van der Waals surface area contributed by atoms with Crippen molar-refractivity contribution in [2.75, 3.05) is 0 Å². The molecule has 6 heteroatoms. The number of fused-ring (bicyclic) bond motifs is 1. The van der Waals surface area contributed by atoms with Gasteiger partial charge in [-0.1, -0.05) is 29.8 Å². The summed E-state index contributed by atoms with van der Waals surface area (Å²) in [6.45, 7) is 3.92. The van der Waals surface area contributed by atoms with E-state index in [1.54, 1.807) is 23.9 Å². The van der Waals surface area contributed by atoms with Crippen LogP contribution in [0.1, 0.15) is 11.1 Å². The maximum atomic E-state index is 13.1. The lowest BCUT2D eigenvalue weighted by Gasteiger charge is -2.13. The molecule has 0 radical (unpaired) electrons. The van der Waals surface area contributed by atoms with Crippen LogP contribution in [0.4, 0.5) is 0 Å². The zero-order valence-electron chi connectivity index (χ0n) is 16.2. The maximum absolute atomic E-state index is 13.1. The Labute approximate surface area is 161 Å². The minimum absolute atomic E-state index is 0.0987. The number of hydrogen-bond donors (Lipinski definition) is 1. The summed E-state index contributed by atoms with van der Waals surface area (Å²) in [6.07, 6.45) is 1.74. The monoisotopic (exact) mass is 375 g/mol. The highest BCUT2D eigenvalue weighted by Gasteiger charge is 2.21. The van der Waals surface area contributed by atoms with Gasteiger partial charge in [0.05, 0.1) is 22.3 Å². The average molecular weight is 375 g/mol. The van der Waals surface area contributed by atoms with Gasteiger partial charge in [-0.3, -0.25) is 13.9 Å². The molecule has 142 valence electrons. The van der Waals surface area contributed by atoms with E-state index in [9.17, 15) is 14.7 Å². The number of nitrogens with zero attached hydrogens (tertiary/aromatic N) is 3. The van der Waals surface area contributed by atoms with Gasteiger partial charge in [0.25, 0.3) is 5.56 Å². The minimum Gasteiger partial charge on any atom is -0.506 e. The van der Waals surface area contributed by atoms with Crippen LogP contribution in [0, 0.1) is 13.8 Å². The molecule has 0 aliphatic carbocycles. The van der Waals surface area contributed by atoms with Crippen molar-refractivity contribution in [2.45, 2.75) is 13.8 Å². The molecule has 28 heavy (non-hydrogen) atoms. The van der Waals surface area contributed by atoms with Crippen LogP contribution in [-0.2, 0) is 14.1 Å². The summed E-state index contributed by atoms with van der Waals surface area (Å²) in [6, 6.07) is 13.1. The molecular formula is C22H21N3O3. The molecule has 2 heterocycles. The number of rotatable bonds is 2. The smallest absolute Gasteiger partial charge is 0.330 e. The Kier molecular flexibility index (Phi) is 4.00. The molecule has 0 aliphatic rings. The fraction of sp³-hybridized carbons (Fsp3) is 0.182. The van der Waals surface area contributed by atoms with Crippen molar-refractivity contribution in [3.05, 3.63) is 80.6 Å². The maximum Gasteiger partial charge on any atom is 0.330 e. The van der Waals surface area contributed by atoms with Crippen molar-refractivity contribution < 1.29 is 5.11 Å². The summed E-state index contributed by atoms with van der Waals surface area (Å²) in [5, 5.41) is 11.0. The fourth-order valence-corrected chi connectivity index (χ4v) is 3.63. The lowest BCUT2D eigenvalue weighted by atomic mass is 10.1. The molecule has 4 aromatic rings. The number of benzene rings is 2. The largest absolute Gasteiger partial charge is 0.506 e. The molecule has 0 fully saturated rings. The van der Waals surface area contributed by atoms with Crippen LogP contribution in [0.2, 0.25) is 0 Å². The van der Waals surface area contributed by atoms with Crippen LogP contribution in [0.3, 0.4) is 0 Å². The standard InChI is InChI=1S/C22H21N3O3/c1-13-6-5-7-15(10-13)20-19-17(23(3)22(28)24(4)21(19)27)12-25(20)16-11-14(2)8-9-18(16)26/h5-12,26H,1-4H3. The van der Waals surface area contributed by atoms with Crippen molar-refractivity contribution in [3.63, 3.8) is 0 Å². The first kappa shape index (κ1) is 17.9. The van der Waals surface area contributed by atoms with Crippen LogP contribution in [0.15, 0.2) is 58.3 Å². The molecule has 0 unspecified atom stereocenters. The first-order valence-corrected chi connectivity index (χ1v) is 8.97. The van der Waals surface area contributed by atoms with Crippen molar-refractivity contribution in [1.29, 1.82) is 0 Å². The average Bonchev–Trinajstić information content (AvgIpc) is 3.07. The number of phenolic OH excluding ortho intramolecular Hbond substituents is 1. The van der Waals surface area contributed by atoms with Gasteiger partial charge in [0.15, 0.2) is 0 Å². The quantitative estimate of drug-likeness (QED) is 0.586. The lowest BCUT2D eigenvalue weighted by molar-refractivity contribution is 0.472. The summed E-state index contributed by atoms with van der Waals surface area (Å²) in [7, 11) is 3.12. The van der Waals surface area contributed by atoms with E-state index < -0.39 is 0 Å². The van der Waals surface area contributed by atoms with E-state index in [0.717, 1.165) is 21.3 Å². The molecule has 6 nitrogen and oxygen atoms in total. The second kappa shape index (κ2) is 6.27. The van der Waals surface area contributed by atoms with E-state index in [-0.39, 0.29) is 17.0 Å². The summed E-state index contributed by atoms with van der Waals surface area (Å²) in [5.74, 6) is 0.0987. The third kappa shape index (κ3) is 2.57. The Hall–Kier alpha value is -3.54. The first-order valence-electron chi connectivity index (χ1n) is 8.97. The van der Waals surface area contributed by atoms with E-state index in [4.69, 9.17) is 0 Å². The summed E-state index contributed by atoms with van der Waals surface area (Å²) < 4.78 is 4.37. The number of aryl methyl sites for hydroxylation is 3. The molecule has 0 spiro atoms. The molecule has 0 atom stereocenters. The first-order chi connectivity index (χ1) is 13.3. The number of aromatic nitrogens is 3. The highest BCUT2D eigenvalue weighted by Crippen LogP contribution is 2.34. The van der Waals surface area contributed by atoms with Crippen LogP contribution < -0.4 is 11.2 Å². The molecule has 0 aliphatic heterocycles. The molecular weight excluding hydrogens is 354 g/mol. The Bertz CT molecular complexity index is 1360. The second-order valence-corrected chi connectivity index (χ2v) is 7.18. The van der Waals surface area contributed by atoms with Gasteiger partial charge in [-0.05, 0) is 43.2 Å². The van der Waals surface area contributed by atoms with Gasteiger partial charge in [-0.25, -0.2) is 4.79 Å². The zero-order valence-corrected chi connectivity index (χ0v) is 16.2. The van der Waals surface area contributed by atoms with Gasteiger partial charge in [0, 0.05) is 20.3 Å². The minimum atomic E-state index is -0.390. The molecule has 0 bridgehead atoms. The number of phenols is 1. The van der Waals surface area contributed by atoms with Gasteiger partial charge >= 0.3 is 5.69 Å². The van der Waals surface area contributed by atoms with Crippen molar-refractivity contribution in [1.82, 2.24) is 13.7 Å². The highest BCUT2D eigenvalue weighted by molar-refractivity contribution is 5.95. The van der Waals surface area contributed by atoms with E-state index in [1.807, 2.05) is 50.2 Å². The van der Waals surface area contributed by atoms with Gasteiger partial charge < -0.3 is 9.67 Å². The van der Waals surface area contributed by atoms with Gasteiger partial charge in [-0.15, -0.1) is 0 Å². The second-order valence-electron chi connectivity index (χ2n) is 7.18. The van der Waals surface area contributed by atoms with Crippen molar-refractivity contribution >= 4 is 10.9 Å². The highest BCUT2D eigenvalue weighted by atomic mass is 16.3. The Morgan fingerprint density at radius 2 is 1.61 bits per heavy atom. The van der Waals surface area contributed by atoms with Gasteiger partial charge in [0.1, 0.15) is 5.75 Å². The Morgan fingerprint density at radius 3 is 2.32 bits per heavy atom. The van der Waals surface area contributed by atoms with E-state index in [2.05, 4.69) is 0 Å². The number of hydrogen-bond acceptors (Lipinski definition) is 3. The van der Waals surface area contributed by atoms with Crippen LogP contribution in [0.5, 0.6) is 5.75 Å². The molecule has 2 aromatic heterocycles. The molecule has 4 rings (SSSR count). The van der Waals surface area contributed by atoms with Gasteiger partial charge in [0.2, 0.25) is 0 Å². The predicted octanol–water partition coefficient (Wildman–Crippen LogP) is 3.02. The van der Waals surface area contributed by atoms with Crippen LogP contribution in [-0.4, -0.2) is 18.8 Å². The third-order valence-electron chi connectivity index (χ3n) is 5.12. The molecule has 2 aromatic carbocycles. The predicted molar refractivity (Wildman–Crippen MR) is 110 cm³/mol. The van der Waals surface area contributed by atoms with E-state index in [0.29, 0.717) is 22.3 Å². The van der Waals surface area contributed by atoms with E-state index in [1.165, 1.54) is 11.6 Å². The summed E-state index contributed by atoms with van der Waals surface area (Å²) in [4.78, 5) is 25.5. The molecule has 0 saturated carbocycles. The van der Waals surface area contributed by atoms with Crippen molar-refractivity contribution in [2.24, 2.45) is 14.1 Å². The SMILES string of the molecule is Cc1cccc(-c2c3c(=O)n(C)c(=O)n(C)c3cn2-c2cc(C)ccc2O)c1. The lowest BCUT2D eigenvalue weighted by Crippen LogP contribution is -2.36. The van der Waals surface area contributed by atoms with Gasteiger partial charge in [-0.2, -0.15) is 0 Å². The summed E-state index contributed by atoms with van der Waals surface area (Å²) >= 11 is 0. The molecule has 0 amide bonds. The Balaban J connectivity index is 2.25. The normalized spacial score (nSPS) is 11.3. The molecule has 0 saturated heterocycles. The topological polar surface area (TPSA) is 69.2 Å². The Morgan fingerprint density at radius 1 is 0.893 bits per heavy atom. The van der Waals surface area contributed by atoms with E-state index >= 15 is 0 Å². The molecule has 1 N–H and O–H groups in total. The summed E-state index contributed by atoms with van der Waals surface area (Å²) in [5.41, 5.74) is 3.84. The number of aromatic hydroxyl groups is 1. The fourth-order valence-electron chi connectivity index (χ4n) is 3.63. The van der Waals surface area contributed by atoms with Crippen molar-refractivity contribution in [3.8, 4) is 22.7 Å². The third-order valence-corrected chi connectivity index (χ3v) is 5.12. The van der Waals surface area contributed by atoms with Crippen LogP contribution >= 0.6 is 0 Å². The van der Waals surface area contributed by atoms with Crippen LogP contribution in [0.25, 0.3) is 27.8 Å². The zero-order chi connectivity index (χ0) is 20.2.